The molecule has 2 rings (SSSR count). The van der Waals surface area contributed by atoms with Gasteiger partial charge in [0.2, 0.25) is 13.6 Å². The molecule has 0 amide bonds. The summed E-state index contributed by atoms with van der Waals surface area (Å²) >= 11 is 0. The van der Waals surface area contributed by atoms with Crippen LogP contribution in [0.15, 0.2) is 36.4 Å². The summed E-state index contributed by atoms with van der Waals surface area (Å²) < 4.78 is 28.5. The van der Waals surface area contributed by atoms with Crippen molar-refractivity contribution in [2.24, 2.45) is 10.8 Å². The maximum Gasteiger partial charge on any atom is 0.314 e. The van der Waals surface area contributed by atoms with E-state index in [2.05, 4.69) is 47.6 Å². The number of hydrogen-bond donors (Lipinski definition) is 0. The molecule has 0 aliphatic carbocycles. The van der Waals surface area contributed by atoms with Crippen molar-refractivity contribution < 1.29 is 38.1 Å². The van der Waals surface area contributed by atoms with E-state index in [1.54, 1.807) is 71.9 Å². The minimum Gasteiger partial charge on any atom is -0.493 e. The van der Waals surface area contributed by atoms with Gasteiger partial charge in [0.1, 0.15) is 17.2 Å². The zero-order valence-corrected chi connectivity index (χ0v) is 29.4. The maximum absolute atomic E-state index is 13.4. The lowest BCUT2D eigenvalue weighted by Crippen LogP contribution is -2.26. The quantitative estimate of drug-likeness (QED) is 0.106. The van der Waals surface area contributed by atoms with Gasteiger partial charge >= 0.3 is 11.9 Å². The number of allylic oxidation sites excluding steroid dienone is 1. The molecule has 248 valence electrons. The fourth-order valence-electron chi connectivity index (χ4n) is 4.09. The molecule has 0 spiro atoms. The van der Waals surface area contributed by atoms with E-state index in [-0.39, 0.29) is 42.1 Å². The number of hydrogen-bond acceptors (Lipinski definition) is 8. The Kier molecular flexibility index (Phi) is 12.1. The van der Waals surface area contributed by atoms with Crippen LogP contribution in [0.5, 0.6) is 17.2 Å². The normalized spacial score (nSPS) is 12.6. The van der Waals surface area contributed by atoms with Gasteiger partial charge in [-0.15, -0.1) is 0 Å². The average Bonchev–Trinajstić information content (AvgIpc) is 2.90. The first-order chi connectivity index (χ1) is 20.6. The Morgan fingerprint density at radius 3 is 1.51 bits per heavy atom. The highest BCUT2D eigenvalue weighted by atomic mass is 16.7. The zero-order valence-electron chi connectivity index (χ0n) is 29.4. The van der Waals surface area contributed by atoms with Crippen molar-refractivity contribution in [2.75, 3.05) is 20.2 Å². The van der Waals surface area contributed by atoms with Crippen LogP contribution < -0.4 is 14.2 Å². The summed E-state index contributed by atoms with van der Waals surface area (Å²) in [5.74, 6) is 0.553. The van der Waals surface area contributed by atoms with Gasteiger partial charge in [-0.25, -0.2) is 0 Å². The van der Waals surface area contributed by atoms with Gasteiger partial charge in [-0.3, -0.25) is 14.4 Å². The van der Waals surface area contributed by atoms with Crippen LogP contribution in [0.25, 0.3) is 6.08 Å². The van der Waals surface area contributed by atoms with E-state index in [0.717, 1.165) is 11.1 Å². The van der Waals surface area contributed by atoms with Crippen molar-refractivity contribution in [1.82, 2.24) is 0 Å². The first-order valence-electron chi connectivity index (χ1n) is 15.3. The average molecular weight is 625 g/mol. The van der Waals surface area contributed by atoms with Gasteiger partial charge in [0.15, 0.2) is 5.78 Å². The highest BCUT2D eigenvalue weighted by molar-refractivity contribution is 6.07. The lowest BCUT2D eigenvalue weighted by atomic mass is 9.78. The molecule has 2 aromatic carbocycles. The molecule has 0 unspecified atom stereocenters. The number of ether oxygens (including phenoxy) is 5. The fraction of sp³-hybridized carbons (Fsp3) is 0.541. The number of rotatable bonds is 11. The standard InChI is InChI=1S/C37H52O8/c1-14-41-30-26(19-20-29(38)24-15-17-25(18-16-24)42-22-44-32(39)36(8,9)10)31(43-23-45-33(40)37(11,12)13)28(35(5,6)7)21-27(30)34(2,3)4/h15-21H,14,22-23H2,1-13H3. The topological polar surface area (TPSA) is 97.4 Å². The predicted molar refractivity (Wildman–Crippen MR) is 177 cm³/mol. The Balaban J connectivity index is 2.51. The van der Waals surface area contributed by atoms with Crippen LogP contribution in [0.3, 0.4) is 0 Å². The first-order valence-corrected chi connectivity index (χ1v) is 15.3. The van der Waals surface area contributed by atoms with Crippen LogP contribution in [0.4, 0.5) is 0 Å². The SMILES string of the molecule is CCOc1c(C(C)(C)C)cc(C(C)(C)C)c(OCOC(=O)C(C)(C)C)c1C=CC(=O)c1ccc(OCOC(=O)C(C)(C)C)cc1. The smallest absolute Gasteiger partial charge is 0.314 e. The van der Waals surface area contributed by atoms with Crippen molar-refractivity contribution in [3.05, 3.63) is 58.7 Å². The third-order valence-electron chi connectivity index (χ3n) is 6.75. The van der Waals surface area contributed by atoms with E-state index in [0.29, 0.717) is 35.0 Å². The minimum atomic E-state index is -0.685. The van der Waals surface area contributed by atoms with Crippen molar-refractivity contribution in [2.45, 2.75) is 101 Å². The van der Waals surface area contributed by atoms with Gasteiger partial charge < -0.3 is 23.7 Å². The number of benzene rings is 2. The molecule has 0 atom stereocenters. The summed E-state index contributed by atoms with van der Waals surface area (Å²) in [6.07, 6.45) is 3.18. The molecule has 45 heavy (non-hydrogen) atoms. The van der Waals surface area contributed by atoms with Crippen molar-refractivity contribution in [3.8, 4) is 17.2 Å². The molecule has 0 aromatic heterocycles. The lowest BCUT2D eigenvalue weighted by molar-refractivity contribution is -0.160. The van der Waals surface area contributed by atoms with Gasteiger partial charge in [-0.2, -0.15) is 0 Å². The largest absolute Gasteiger partial charge is 0.493 e. The molecule has 8 heteroatoms. The molecule has 2 aromatic rings. The summed E-state index contributed by atoms with van der Waals surface area (Å²) in [4.78, 5) is 37.8. The molecule has 0 heterocycles. The van der Waals surface area contributed by atoms with Crippen LogP contribution >= 0.6 is 0 Å². The number of esters is 2. The van der Waals surface area contributed by atoms with E-state index in [1.165, 1.54) is 6.08 Å². The second-order valence-electron chi connectivity index (χ2n) is 15.1. The third kappa shape index (κ3) is 10.6. The van der Waals surface area contributed by atoms with E-state index in [4.69, 9.17) is 23.7 Å². The monoisotopic (exact) mass is 624 g/mol. The summed E-state index contributed by atoms with van der Waals surface area (Å²) in [7, 11) is 0. The van der Waals surface area contributed by atoms with E-state index >= 15 is 0 Å². The number of carbonyl (C=O) groups excluding carboxylic acids is 3. The van der Waals surface area contributed by atoms with Crippen LogP contribution in [0.1, 0.15) is 117 Å². The summed E-state index contributed by atoms with van der Waals surface area (Å²) in [6, 6.07) is 8.67. The lowest BCUT2D eigenvalue weighted by Gasteiger charge is -2.31. The highest BCUT2D eigenvalue weighted by Gasteiger charge is 2.31. The predicted octanol–water partition coefficient (Wildman–Crippen LogP) is 8.43. The number of ketones is 1. The Morgan fingerprint density at radius 2 is 1.09 bits per heavy atom. The Labute approximate surface area is 269 Å². The fourth-order valence-corrected chi connectivity index (χ4v) is 4.09. The maximum atomic E-state index is 13.4. The molecular formula is C37H52O8. The molecule has 0 fully saturated rings. The van der Waals surface area contributed by atoms with Crippen LogP contribution in [0.2, 0.25) is 0 Å². The third-order valence-corrected chi connectivity index (χ3v) is 6.75. The molecule has 0 saturated carbocycles. The van der Waals surface area contributed by atoms with Gasteiger partial charge in [-0.1, -0.05) is 41.5 Å². The summed E-state index contributed by atoms with van der Waals surface area (Å²) in [6.45, 7) is 25.0. The van der Waals surface area contributed by atoms with Crippen molar-refractivity contribution in [3.63, 3.8) is 0 Å². The van der Waals surface area contributed by atoms with Crippen molar-refractivity contribution in [1.29, 1.82) is 0 Å². The summed E-state index contributed by atoms with van der Waals surface area (Å²) in [5.41, 5.74) is 0.939. The molecular weight excluding hydrogens is 572 g/mol. The molecule has 0 radical (unpaired) electrons. The minimum absolute atomic E-state index is 0.225. The molecule has 8 nitrogen and oxygen atoms in total. The van der Waals surface area contributed by atoms with Gasteiger partial charge in [0.25, 0.3) is 0 Å². The highest BCUT2D eigenvalue weighted by Crippen LogP contribution is 2.46. The van der Waals surface area contributed by atoms with Gasteiger partial charge in [0, 0.05) is 16.7 Å². The van der Waals surface area contributed by atoms with Gasteiger partial charge in [0.05, 0.1) is 23.0 Å². The first kappa shape index (κ1) is 37.4. The summed E-state index contributed by atoms with van der Waals surface area (Å²) in [5, 5.41) is 0. The molecule has 0 saturated heterocycles. The molecule has 0 N–H and O–H groups in total. The molecule has 0 aliphatic rings. The Morgan fingerprint density at radius 1 is 0.644 bits per heavy atom. The number of carbonyl (C=O) groups is 3. The zero-order chi connectivity index (χ0) is 34.4. The van der Waals surface area contributed by atoms with E-state index in [1.807, 2.05) is 6.92 Å². The second-order valence-corrected chi connectivity index (χ2v) is 15.1. The Bertz CT molecular complexity index is 1370. The second kappa shape index (κ2) is 14.5. The Hall–Kier alpha value is -3.81. The van der Waals surface area contributed by atoms with E-state index < -0.39 is 10.8 Å². The van der Waals surface area contributed by atoms with Crippen LogP contribution in [0, 0.1) is 10.8 Å². The molecule has 0 aliphatic heterocycles. The molecule has 0 bridgehead atoms. The van der Waals surface area contributed by atoms with Crippen LogP contribution in [-0.2, 0) is 29.9 Å². The van der Waals surface area contributed by atoms with Crippen LogP contribution in [-0.4, -0.2) is 37.9 Å². The van der Waals surface area contributed by atoms with E-state index in [9.17, 15) is 14.4 Å². The van der Waals surface area contributed by atoms with Crippen molar-refractivity contribution >= 4 is 23.8 Å². The van der Waals surface area contributed by atoms with Gasteiger partial charge in [-0.05, 0) is 102 Å².